The first-order valence-corrected chi connectivity index (χ1v) is 21.8. The van der Waals surface area contributed by atoms with Gasteiger partial charge < -0.3 is 28.7 Å². The molecule has 56 heavy (non-hydrogen) atoms. The third-order valence-electron chi connectivity index (χ3n) is 10.2. The molecule has 2 saturated heterocycles. The van der Waals surface area contributed by atoms with E-state index in [1.54, 1.807) is 52.0 Å². The summed E-state index contributed by atoms with van der Waals surface area (Å²) in [5.41, 5.74) is 5.36. The van der Waals surface area contributed by atoms with Crippen molar-refractivity contribution in [3.05, 3.63) is 90.0 Å². The van der Waals surface area contributed by atoms with Gasteiger partial charge in [-0.1, -0.05) is 24.3 Å². The lowest BCUT2D eigenvalue weighted by Crippen LogP contribution is -2.50. The van der Waals surface area contributed by atoms with Crippen LogP contribution in [0.2, 0.25) is 0 Å². The standard InChI is InChI=1S/C42H50N4O6S.C2H6S/c1-49-36-25-34(26-37(29-36)50-2)30-7-11-32(12-8-30)41(47)45-21-17-43(18-22-45)15-6-16-44-19-23-46(24-20-44)42(48)33-13-9-31(10-14-33)35-27-38(51-3)40(53-5)39(28-35)52-4;1-3-2/h7-14,25-29H,6,15-24H2,1-5H3;1-2H3. The van der Waals surface area contributed by atoms with Crippen molar-refractivity contribution in [1.29, 1.82) is 0 Å². The van der Waals surface area contributed by atoms with Crippen molar-refractivity contribution in [1.82, 2.24) is 19.6 Å². The van der Waals surface area contributed by atoms with Crippen LogP contribution in [0, 0.1) is 0 Å². The van der Waals surface area contributed by atoms with Crippen molar-refractivity contribution in [2.24, 2.45) is 0 Å². The molecule has 2 heterocycles. The number of ether oxygens (including phenoxy) is 4. The highest BCUT2D eigenvalue weighted by Crippen LogP contribution is 2.40. The molecule has 2 aliphatic rings. The highest BCUT2D eigenvalue weighted by molar-refractivity contribution is 7.98. The molecule has 4 aromatic rings. The van der Waals surface area contributed by atoms with Crippen molar-refractivity contribution < 1.29 is 28.5 Å². The van der Waals surface area contributed by atoms with E-state index >= 15 is 0 Å². The Morgan fingerprint density at radius 1 is 0.518 bits per heavy atom. The van der Waals surface area contributed by atoms with Gasteiger partial charge in [-0.2, -0.15) is 11.8 Å². The predicted octanol–water partition coefficient (Wildman–Crippen LogP) is 7.36. The largest absolute Gasteiger partial charge is 0.497 e. The van der Waals surface area contributed by atoms with E-state index in [1.807, 2.05) is 107 Å². The number of thioether (sulfide) groups is 2. The van der Waals surface area contributed by atoms with E-state index in [0.717, 1.165) is 122 Å². The number of carbonyl (C=O) groups is 2. The maximum Gasteiger partial charge on any atom is 0.253 e. The molecule has 0 atom stereocenters. The zero-order chi connectivity index (χ0) is 40.0. The molecule has 4 aromatic carbocycles. The first-order chi connectivity index (χ1) is 27.2. The Morgan fingerprint density at radius 2 is 0.893 bits per heavy atom. The van der Waals surface area contributed by atoms with Gasteiger partial charge in [-0.05, 0) is 109 Å². The van der Waals surface area contributed by atoms with Crippen LogP contribution in [0.3, 0.4) is 0 Å². The molecule has 0 aliphatic carbocycles. The number of hydrogen-bond donors (Lipinski definition) is 0. The molecule has 0 bridgehead atoms. The van der Waals surface area contributed by atoms with Crippen LogP contribution in [-0.4, -0.2) is 144 Å². The number of piperazine rings is 2. The molecule has 2 aliphatic heterocycles. The lowest BCUT2D eigenvalue weighted by Gasteiger charge is -2.37. The third-order valence-corrected chi connectivity index (χ3v) is 11.0. The molecule has 0 unspecified atom stereocenters. The van der Waals surface area contributed by atoms with Crippen LogP contribution >= 0.6 is 23.5 Å². The molecule has 10 nitrogen and oxygen atoms in total. The van der Waals surface area contributed by atoms with Crippen molar-refractivity contribution >= 4 is 35.3 Å². The summed E-state index contributed by atoms with van der Waals surface area (Å²) in [4.78, 5) is 36.5. The zero-order valence-electron chi connectivity index (χ0n) is 33.8. The number of methoxy groups -OCH3 is 4. The van der Waals surface area contributed by atoms with Gasteiger partial charge >= 0.3 is 0 Å². The van der Waals surface area contributed by atoms with Crippen LogP contribution in [0.1, 0.15) is 27.1 Å². The molecule has 0 N–H and O–H groups in total. The minimum absolute atomic E-state index is 0.0741. The zero-order valence-corrected chi connectivity index (χ0v) is 35.5. The molecule has 6 rings (SSSR count). The molecular formula is C44H56N4O6S2. The Morgan fingerprint density at radius 3 is 1.23 bits per heavy atom. The summed E-state index contributed by atoms with van der Waals surface area (Å²) < 4.78 is 22.0. The molecule has 12 heteroatoms. The van der Waals surface area contributed by atoms with Crippen LogP contribution in [0.15, 0.2) is 83.8 Å². The summed E-state index contributed by atoms with van der Waals surface area (Å²) in [6.07, 6.45) is 7.15. The van der Waals surface area contributed by atoms with Gasteiger partial charge in [-0.25, -0.2) is 0 Å². The summed E-state index contributed by atoms with van der Waals surface area (Å²) in [6.45, 7) is 8.39. The average Bonchev–Trinajstić information content (AvgIpc) is 3.26. The van der Waals surface area contributed by atoms with Crippen LogP contribution in [0.5, 0.6) is 23.0 Å². The van der Waals surface area contributed by atoms with Crippen molar-refractivity contribution in [2.45, 2.75) is 11.3 Å². The molecule has 300 valence electrons. The average molecular weight is 801 g/mol. The second-order valence-electron chi connectivity index (χ2n) is 13.7. The first-order valence-electron chi connectivity index (χ1n) is 18.9. The number of nitrogens with zero attached hydrogens (tertiary/aromatic N) is 4. The Labute approximate surface area is 341 Å². The van der Waals surface area contributed by atoms with Gasteiger partial charge in [-0.3, -0.25) is 19.4 Å². The van der Waals surface area contributed by atoms with Crippen LogP contribution in [0.4, 0.5) is 0 Å². The quantitative estimate of drug-likeness (QED) is 0.128. The smallest absolute Gasteiger partial charge is 0.253 e. The summed E-state index contributed by atoms with van der Waals surface area (Å²) in [6, 6.07) is 25.4. The number of amides is 2. The maximum absolute atomic E-state index is 13.4. The molecular weight excluding hydrogens is 745 g/mol. The van der Waals surface area contributed by atoms with E-state index in [0.29, 0.717) is 11.1 Å². The highest BCUT2D eigenvalue weighted by Gasteiger charge is 2.24. The predicted molar refractivity (Wildman–Crippen MR) is 230 cm³/mol. The Bertz CT molecular complexity index is 1830. The van der Waals surface area contributed by atoms with Gasteiger partial charge in [0, 0.05) is 69.6 Å². The van der Waals surface area contributed by atoms with E-state index in [2.05, 4.69) is 9.80 Å². The maximum atomic E-state index is 13.4. The molecule has 0 aromatic heterocycles. The molecule has 2 amide bonds. The van der Waals surface area contributed by atoms with Crippen molar-refractivity contribution in [3.8, 4) is 45.3 Å². The van der Waals surface area contributed by atoms with Gasteiger partial charge in [0.15, 0.2) is 0 Å². The van der Waals surface area contributed by atoms with E-state index in [4.69, 9.17) is 18.9 Å². The summed E-state index contributed by atoms with van der Waals surface area (Å²) >= 11 is 3.34. The van der Waals surface area contributed by atoms with Gasteiger partial charge in [-0.15, -0.1) is 11.8 Å². The molecule has 0 saturated carbocycles. The summed E-state index contributed by atoms with van der Waals surface area (Å²) in [5, 5.41) is 0. The fraction of sp³-hybridized carbons (Fsp3) is 0.409. The van der Waals surface area contributed by atoms with E-state index < -0.39 is 0 Å². The summed E-state index contributed by atoms with van der Waals surface area (Å²) in [5.74, 6) is 3.14. The second kappa shape index (κ2) is 21.2. The lowest BCUT2D eigenvalue weighted by molar-refractivity contribution is 0.0606. The Kier molecular flexibility index (Phi) is 16.2. The highest BCUT2D eigenvalue weighted by atomic mass is 32.2. The molecule has 0 radical (unpaired) electrons. The van der Waals surface area contributed by atoms with E-state index in [-0.39, 0.29) is 11.8 Å². The Balaban J connectivity index is 0.00000194. The Hall–Kier alpha value is -4.36. The van der Waals surface area contributed by atoms with E-state index in [9.17, 15) is 9.59 Å². The monoisotopic (exact) mass is 800 g/mol. The summed E-state index contributed by atoms with van der Waals surface area (Å²) in [7, 11) is 6.60. The van der Waals surface area contributed by atoms with Gasteiger partial charge in [0.25, 0.3) is 11.8 Å². The second-order valence-corrected chi connectivity index (χ2v) is 15.3. The first kappa shape index (κ1) is 42.8. The number of benzene rings is 4. The van der Waals surface area contributed by atoms with Crippen LogP contribution < -0.4 is 18.9 Å². The molecule has 2 fully saturated rings. The number of rotatable bonds is 13. The third kappa shape index (κ3) is 10.9. The van der Waals surface area contributed by atoms with Crippen molar-refractivity contribution in [3.63, 3.8) is 0 Å². The van der Waals surface area contributed by atoms with Gasteiger partial charge in [0.2, 0.25) is 0 Å². The lowest BCUT2D eigenvalue weighted by atomic mass is 10.0. The van der Waals surface area contributed by atoms with Crippen molar-refractivity contribution in [2.75, 3.05) is 113 Å². The minimum atomic E-state index is 0.0741. The van der Waals surface area contributed by atoms with Crippen LogP contribution in [0.25, 0.3) is 22.3 Å². The van der Waals surface area contributed by atoms with Crippen LogP contribution in [-0.2, 0) is 0 Å². The fourth-order valence-corrected chi connectivity index (χ4v) is 7.75. The molecule has 0 spiro atoms. The normalized spacial score (nSPS) is 14.8. The topological polar surface area (TPSA) is 84.0 Å². The number of carbonyl (C=O) groups excluding carboxylic acids is 2. The van der Waals surface area contributed by atoms with E-state index in [1.165, 1.54) is 0 Å². The minimum Gasteiger partial charge on any atom is -0.497 e. The van der Waals surface area contributed by atoms with Gasteiger partial charge in [0.05, 0.1) is 33.3 Å². The number of hydrogen-bond acceptors (Lipinski definition) is 10. The fourth-order valence-electron chi connectivity index (χ4n) is 7.06. The van der Waals surface area contributed by atoms with Gasteiger partial charge in [0.1, 0.15) is 23.0 Å². The SMILES string of the molecule is COc1cc(OC)cc(-c2ccc(C(=O)N3CCN(CCCN4CCN(C(=O)c5ccc(-c6cc(OC)c(SC)c(OC)c6)cc5)CC4)CC3)cc2)c1.CSC.